The van der Waals surface area contributed by atoms with Gasteiger partial charge < -0.3 is 20.1 Å². The summed E-state index contributed by atoms with van der Waals surface area (Å²) in [5, 5.41) is 0. The molecule has 2 rings (SSSR count). The minimum atomic E-state index is -0.388. The molecule has 1 fully saturated rings. The summed E-state index contributed by atoms with van der Waals surface area (Å²) in [6.07, 6.45) is 2.59. The van der Waals surface area contributed by atoms with Crippen LogP contribution < -0.4 is 10.6 Å². The Bertz CT molecular complexity index is 507. The molecule has 6 heteroatoms. The van der Waals surface area contributed by atoms with Gasteiger partial charge in [0.15, 0.2) is 0 Å². The van der Waals surface area contributed by atoms with Crippen molar-refractivity contribution in [2.24, 2.45) is 0 Å². The Morgan fingerprint density at radius 1 is 1.57 bits per heavy atom. The third-order valence-corrected chi connectivity index (χ3v) is 3.59. The highest BCUT2D eigenvalue weighted by atomic mass is 16.5. The summed E-state index contributed by atoms with van der Waals surface area (Å²) in [7, 11) is 0. The van der Waals surface area contributed by atoms with Crippen molar-refractivity contribution in [3.05, 3.63) is 17.8 Å². The average Bonchev–Trinajstić information content (AvgIpc) is 2.47. The number of carbonyl (C=O) groups is 1. The average molecular weight is 293 g/mol. The van der Waals surface area contributed by atoms with Gasteiger partial charge in [0.2, 0.25) is 0 Å². The Kier molecular flexibility index (Phi) is 5.01. The van der Waals surface area contributed by atoms with Crippen LogP contribution in [0.1, 0.15) is 37.6 Å². The molecule has 0 spiro atoms. The second-order valence-corrected chi connectivity index (χ2v) is 5.22. The number of esters is 1. The predicted octanol–water partition coefficient (Wildman–Crippen LogP) is 1.84. The summed E-state index contributed by atoms with van der Waals surface area (Å²) in [6.45, 7) is 7.54. The van der Waals surface area contributed by atoms with Gasteiger partial charge in [-0.15, -0.1) is 0 Å². The summed E-state index contributed by atoms with van der Waals surface area (Å²) >= 11 is 0. The van der Waals surface area contributed by atoms with Crippen molar-refractivity contribution in [1.82, 2.24) is 4.98 Å². The highest BCUT2D eigenvalue weighted by molar-refractivity contribution is 5.95. The SMILES string of the molecule is CCOC(=O)c1cc(N)cnc1N1CC(C)OCC1CC. The number of nitrogens with zero attached hydrogens (tertiary/aromatic N) is 2. The van der Waals surface area contributed by atoms with Crippen LogP contribution in [0.2, 0.25) is 0 Å². The quantitative estimate of drug-likeness (QED) is 0.854. The van der Waals surface area contributed by atoms with Gasteiger partial charge in [-0.05, 0) is 26.3 Å². The van der Waals surface area contributed by atoms with E-state index in [1.54, 1.807) is 19.2 Å². The molecule has 0 aromatic carbocycles. The standard InChI is InChI=1S/C15H23N3O3/c1-4-12-9-21-10(3)8-18(12)14-13(15(19)20-5-2)6-11(16)7-17-14/h6-7,10,12H,4-5,8-9,16H2,1-3H3. The molecule has 21 heavy (non-hydrogen) atoms. The fraction of sp³-hybridized carbons (Fsp3) is 0.600. The summed E-state index contributed by atoms with van der Waals surface area (Å²) in [5.41, 5.74) is 6.65. The summed E-state index contributed by atoms with van der Waals surface area (Å²) in [5.74, 6) is 0.242. The van der Waals surface area contributed by atoms with Gasteiger partial charge in [0, 0.05) is 6.54 Å². The van der Waals surface area contributed by atoms with E-state index < -0.39 is 0 Å². The number of hydrogen-bond donors (Lipinski definition) is 1. The zero-order chi connectivity index (χ0) is 15.4. The van der Waals surface area contributed by atoms with Gasteiger partial charge in [-0.2, -0.15) is 0 Å². The largest absolute Gasteiger partial charge is 0.462 e. The Hall–Kier alpha value is -1.82. The number of ether oxygens (including phenoxy) is 2. The highest BCUT2D eigenvalue weighted by Crippen LogP contribution is 2.27. The number of aromatic nitrogens is 1. The molecule has 0 bridgehead atoms. The molecule has 116 valence electrons. The Morgan fingerprint density at radius 2 is 2.33 bits per heavy atom. The van der Waals surface area contributed by atoms with Gasteiger partial charge >= 0.3 is 5.97 Å². The number of rotatable bonds is 4. The molecule has 2 heterocycles. The maximum Gasteiger partial charge on any atom is 0.341 e. The maximum absolute atomic E-state index is 12.2. The van der Waals surface area contributed by atoms with Crippen LogP contribution in [0.25, 0.3) is 0 Å². The second kappa shape index (κ2) is 6.76. The molecule has 1 aliphatic rings. The number of carbonyl (C=O) groups excluding carboxylic acids is 1. The van der Waals surface area contributed by atoms with E-state index in [2.05, 4.69) is 16.8 Å². The lowest BCUT2D eigenvalue weighted by Crippen LogP contribution is -2.49. The topological polar surface area (TPSA) is 77.7 Å². The number of pyridine rings is 1. The molecule has 0 amide bonds. The van der Waals surface area contributed by atoms with Crippen molar-refractivity contribution >= 4 is 17.5 Å². The number of nitrogen functional groups attached to an aromatic ring is 1. The summed E-state index contributed by atoms with van der Waals surface area (Å²) in [4.78, 5) is 18.7. The van der Waals surface area contributed by atoms with E-state index >= 15 is 0 Å². The lowest BCUT2D eigenvalue weighted by molar-refractivity contribution is 0.0292. The third-order valence-electron chi connectivity index (χ3n) is 3.59. The molecule has 1 aromatic rings. The van der Waals surface area contributed by atoms with Crippen LogP contribution in [-0.4, -0.2) is 42.9 Å². The zero-order valence-corrected chi connectivity index (χ0v) is 12.8. The van der Waals surface area contributed by atoms with E-state index in [-0.39, 0.29) is 18.1 Å². The van der Waals surface area contributed by atoms with Crippen molar-refractivity contribution in [3.63, 3.8) is 0 Å². The van der Waals surface area contributed by atoms with Crippen LogP contribution in [0, 0.1) is 0 Å². The highest BCUT2D eigenvalue weighted by Gasteiger charge is 2.30. The first kappa shape index (κ1) is 15.6. The molecular weight excluding hydrogens is 270 g/mol. The number of anilines is 2. The lowest BCUT2D eigenvalue weighted by atomic mass is 10.1. The van der Waals surface area contributed by atoms with E-state index in [4.69, 9.17) is 15.2 Å². The molecule has 1 aliphatic heterocycles. The normalized spacial score (nSPS) is 22.1. The first-order valence-electron chi connectivity index (χ1n) is 7.37. The molecule has 1 aromatic heterocycles. The smallest absolute Gasteiger partial charge is 0.341 e. The lowest BCUT2D eigenvalue weighted by Gasteiger charge is -2.39. The minimum absolute atomic E-state index is 0.0993. The Morgan fingerprint density at radius 3 is 3.00 bits per heavy atom. The third kappa shape index (κ3) is 3.44. The molecule has 2 N–H and O–H groups in total. The minimum Gasteiger partial charge on any atom is -0.462 e. The van der Waals surface area contributed by atoms with E-state index in [1.807, 2.05) is 6.92 Å². The van der Waals surface area contributed by atoms with Gasteiger partial charge in [0.1, 0.15) is 11.4 Å². The predicted molar refractivity (Wildman–Crippen MR) is 81.4 cm³/mol. The maximum atomic E-state index is 12.2. The number of morpholine rings is 1. The Balaban J connectivity index is 2.38. The fourth-order valence-electron chi connectivity index (χ4n) is 2.50. The number of nitrogens with two attached hydrogens (primary N) is 1. The molecular formula is C15H23N3O3. The van der Waals surface area contributed by atoms with Crippen molar-refractivity contribution in [3.8, 4) is 0 Å². The molecule has 0 aliphatic carbocycles. The van der Waals surface area contributed by atoms with Crippen molar-refractivity contribution in [1.29, 1.82) is 0 Å². The van der Waals surface area contributed by atoms with Crippen LogP contribution in [0.15, 0.2) is 12.3 Å². The molecule has 1 saturated heterocycles. The first-order valence-corrected chi connectivity index (χ1v) is 7.37. The second-order valence-electron chi connectivity index (χ2n) is 5.22. The van der Waals surface area contributed by atoms with Crippen LogP contribution >= 0.6 is 0 Å². The van der Waals surface area contributed by atoms with Crippen LogP contribution in [0.4, 0.5) is 11.5 Å². The van der Waals surface area contributed by atoms with Crippen molar-refractivity contribution < 1.29 is 14.3 Å². The van der Waals surface area contributed by atoms with E-state index in [0.717, 1.165) is 6.42 Å². The fourth-order valence-corrected chi connectivity index (χ4v) is 2.50. The zero-order valence-electron chi connectivity index (χ0n) is 12.8. The van der Waals surface area contributed by atoms with E-state index in [0.29, 0.717) is 36.8 Å². The van der Waals surface area contributed by atoms with Gasteiger partial charge in [-0.3, -0.25) is 0 Å². The monoisotopic (exact) mass is 293 g/mol. The summed E-state index contributed by atoms with van der Waals surface area (Å²) in [6, 6.07) is 1.83. The molecule has 6 nitrogen and oxygen atoms in total. The van der Waals surface area contributed by atoms with Gasteiger partial charge in [0.25, 0.3) is 0 Å². The van der Waals surface area contributed by atoms with Crippen LogP contribution in [0.5, 0.6) is 0 Å². The van der Waals surface area contributed by atoms with Crippen molar-refractivity contribution in [2.45, 2.75) is 39.3 Å². The van der Waals surface area contributed by atoms with Crippen LogP contribution in [0.3, 0.4) is 0 Å². The van der Waals surface area contributed by atoms with Crippen molar-refractivity contribution in [2.75, 3.05) is 30.4 Å². The van der Waals surface area contributed by atoms with Gasteiger partial charge in [-0.1, -0.05) is 6.92 Å². The summed E-state index contributed by atoms with van der Waals surface area (Å²) < 4.78 is 10.8. The van der Waals surface area contributed by atoms with E-state index in [1.165, 1.54) is 0 Å². The van der Waals surface area contributed by atoms with Crippen LogP contribution in [-0.2, 0) is 9.47 Å². The van der Waals surface area contributed by atoms with Gasteiger partial charge in [0.05, 0.1) is 37.2 Å². The molecule has 2 unspecified atom stereocenters. The number of hydrogen-bond acceptors (Lipinski definition) is 6. The Labute approximate surface area is 125 Å². The molecule has 0 saturated carbocycles. The molecule has 2 atom stereocenters. The molecule has 0 radical (unpaired) electrons. The first-order chi connectivity index (χ1) is 10.1. The van der Waals surface area contributed by atoms with E-state index in [9.17, 15) is 4.79 Å². The van der Waals surface area contributed by atoms with Gasteiger partial charge in [-0.25, -0.2) is 9.78 Å².